The number of halogens is 1. The summed E-state index contributed by atoms with van der Waals surface area (Å²) in [6.07, 6.45) is 3.78. The molecule has 0 bridgehead atoms. The maximum absolute atomic E-state index is 5.61. The topological polar surface area (TPSA) is 63.5 Å². The number of aliphatic imine (C=N–C) groups is 1. The Labute approximate surface area is 179 Å². The average Bonchev–Trinajstić information content (AvgIpc) is 3.13. The molecule has 0 fully saturated rings. The van der Waals surface area contributed by atoms with Crippen molar-refractivity contribution in [2.75, 3.05) is 26.3 Å². The molecule has 0 spiro atoms. The molecule has 0 unspecified atom stereocenters. The summed E-state index contributed by atoms with van der Waals surface area (Å²) in [7, 11) is 0. The lowest BCUT2D eigenvalue weighted by Crippen LogP contribution is -2.39. The summed E-state index contributed by atoms with van der Waals surface area (Å²) in [6, 6.07) is 10.3. The van der Waals surface area contributed by atoms with Gasteiger partial charge < -0.3 is 15.4 Å². The Morgan fingerprint density at radius 2 is 1.96 bits per heavy atom. The maximum Gasteiger partial charge on any atom is 0.191 e. The fourth-order valence-electron chi connectivity index (χ4n) is 2.50. The fraction of sp³-hybridized carbons (Fsp3) is 0.500. The molecule has 0 aliphatic rings. The van der Waals surface area contributed by atoms with Crippen LogP contribution in [0.1, 0.15) is 31.9 Å². The van der Waals surface area contributed by atoms with E-state index in [1.54, 1.807) is 6.20 Å². The van der Waals surface area contributed by atoms with Crippen molar-refractivity contribution >= 4 is 29.9 Å². The minimum absolute atomic E-state index is 0. The molecule has 0 saturated carbocycles. The van der Waals surface area contributed by atoms with Gasteiger partial charge in [0.1, 0.15) is 0 Å². The summed E-state index contributed by atoms with van der Waals surface area (Å²) in [4.78, 5) is 4.72. The van der Waals surface area contributed by atoms with Crippen LogP contribution in [0.4, 0.5) is 0 Å². The summed E-state index contributed by atoms with van der Waals surface area (Å²) >= 11 is 0. The summed E-state index contributed by atoms with van der Waals surface area (Å²) in [5, 5.41) is 10.9. The number of guanidine groups is 1. The third kappa shape index (κ3) is 9.23. The van der Waals surface area contributed by atoms with Crippen LogP contribution in [0, 0.1) is 5.92 Å². The minimum atomic E-state index is 0. The molecule has 0 amide bonds. The Morgan fingerprint density at radius 3 is 2.63 bits per heavy atom. The second-order valence-electron chi connectivity index (χ2n) is 6.56. The highest BCUT2D eigenvalue weighted by atomic mass is 127. The first-order valence-corrected chi connectivity index (χ1v) is 9.33. The Bertz CT molecular complexity index is 658. The van der Waals surface area contributed by atoms with Crippen LogP contribution in [0.3, 0.4) is 0 Å². The number of hydrogen-bond donors (Lipinski definition) is 2. The molecule has 0 radical (unpaired) electrons. The second kappa shape index (κ2) is 13.5. The molecular formula is C20H32IN5O. The molecule has 0 saturated heterocycles. The van der Waals surface area contributed by atoms with E-state index in [9.17, 15) is 0 Å². The molecule has 0 aliphatic carbocycles. The van der Waals surface area contributed by atoms with E-state index in [1.165, 1.54) is 11.1 Å². The van der Waals surface area contributed by atoms with E-state index in [0.717, 1.165) is 32.2 Å². The Balaban J connectivity index is 0.00000364. The zero-order valence-electron chi connectivity index (χ0n) is 16.5. The van der Waals surface area contributed by atoms with Crippen LogP contribution in [0.25, 0.3) is 0 Å². The van der Waals surface area contributed by atoms with Crippen LogP contribution >= 0.6 is 24.0 Å². The van der Waals surface area contributed by atoms with Crippen molar-refractivity contribution in [2.45, 2.75) is 33.9 Å². The van der Waals surface area contributed by atoms with E-state index in [0.29, 0.717) is 19.1 Å². The molecule has 1 heterocycles. The van der Waals surface area contributed by atoms with Crippen molar-refractivity contribution in [3.8, 4) is 0 Å². The quantitative estimate of drug-likeness (QED) is 0.235. The zero-order chi connectivity index (χ0) is 18.6. The third-order valence-electron chi connectivity index (χ3n) is 3.75. The molecule has 27 heavy (non-hydrogen) atoms. The van der Waals surface area contributed by atoms with Crippen LogP contribution in [-0.2, 0) is 17.8 Å². The number of ether oxygens (including phenoxy) is 1. The monoisotopic (exact) mass is 485 g/mol. The van der Waals surface area contributed by atoms with Crippen molar-refractivity contribution in [3.05, 3.63) is 53.9 Å². The van der Waals surface area contributed by atoms with E-state index in [1.807, 2.05) is 16.9 Å². The first-order chi connectivity index (χ1) is 12.7. The highest BCUT2D eigenvalue weighted by Crippen LogP contribution is 2.11. The molecule has 1 aromatic carbocycles. The molecule has 2 N–H and O–H groups in total. The Kier molecular flexibility index (Phi) is 11.8. The van der Waals surface area contributed by atoms with Gasteiger partial charge in [-0.1, -0.05) is 38.1 Å². The van der Waals surface area contributed by atoms with Gasteiger partial charge in [-0.05, 0) is 30.0 Å². The Morgan fingerprint density at radius 1 is 1.19 bits per heavy atom. The molecule has 6 nitrogen and oxygen atoms in total. The van der Waals surface area contributed by atoms with Crippen LogP contribution in [0.5, 0.6) is 0 Å². The largest absolute Gasteiger partial charge is 0.379 e. The lowest BCUT2D eigenvalue weighted by Gasteiger charge is -2.13. The second-order valence-corrected chi connectivity index (χ2v) is 6.56. The molecule has 0 aliphatic heterocycles. The number of rotatable bonds is 10. The van der Waals surface area contributed by atoms with Crippen LogP contribution in [0.2, 0.25) is 0 Å². The van der Waals surface area contributed by atoms with Gasteiger partial charge in [-0.15, -0.1) is 24.0 Å². The van der Waals surface area contributed by atoms with Crippen LogP contribution in [-0.4, -0.2) is 42.0 Å². The van der Waals surface area contributed by atoms with Gasteiger partial charge in [0.05, 0.1) is 19.7 Å². The van der Waals surface area contributed by atoms with E-state index in [4.69, 9.17) is 9.73 Å². The summed E-state index contributed by atoms with van der Waals surface area (Å²) in [6.45, 7) is 10.8. The van der Waals surface area contributed by atoms with Gasteiger partial charge in [0.25, 0.3) is 0 Å². The molecule has 1 aromatic heterocycles. The SMILES string of the molecule is CCNC(=NCc1ccccc1Cn1cccn1)NCCOCC(C)C.I. The van der Waals surface area contributed by atoms with Crippen molar-refractivity contribution in [1.29, 1.82) is 0 Å². The van der Waals surface area contributed by atoms with E-state index >= 15 is 0 Å². The number of benzene rings is 1. The average molecular weight is 485 g/mol. The molecule has 2 aromatic rings. The van der Waals surface area contributed by atoms with Gasteiger partial charge in [0.2, 0.25) is 0 Å². The lowest BCUT2D eigenvalue weighted by atomic mass is 10.1. The predicted octanol–water partition coefficient (Wildman–Crippen LogP) is 3.28. The van der Waals surface area contributed by atoms with Gasteiger partial charge in [-0.25, -0.2) is 4.99 Å². The van der Waals surface area contributed by atoms with Gasteiger partial charge in [0.15, 0.2) is 5.96 Å². The smallest absolute Gasteiger partial charge is 0.191 e. The van der Waals surface area contributed by atoms with E-state index in [2.05, 4.69) is 60.8 Å². The van der Waals surface area contributed by atoms with Gasteiger partial charge >= 0.3 is 0 Å². The Hall–Kier alpha value is -1.61. The third-order valence-corrected chi connectivity index (χ3v) is 3.75. The molecule has 0 atom stereocenters. The van der Waals surface area contributed by atoms with Crippen LogP contribution in [0.15, 0.2) is 47.7 Å². The number of nitrogens with one attached hydrogen (secondary N) is 2. The van der Waals surface area contributed by atoms with Crippen molar-refractivity contribution in [2.24, 2.45) is 10.9 Å². The molecular weight excluding hydrogens is 453 g/mol. The lowest BCUT2D eigenvalue weighted by molar-refractivity contribution is 0.114. The first-order valence-electron chi connectivity index (χ1n) is 9.33. The number of nitrogens with zero attached hydrogens (tertiary/aromatic N) is 3. The predicted molar refractivity (Wildman–Crippen MR) is 122 cm³/mol. The standard InChI is InChI=1S/C20H31N5O.HI/c1-4-21-20(22-11-13-26-16-17(2)3)23-14-18-8-5-6-9-19(18)15-25-12-7-10-24-25;/h5-10,12,17H,4,11,13-16H2,1-3H3,(H2,21,22,23);1H. The van der Waals surface area contributed by atoms with Crippen molar-refractivity contribution in [1.82, 2.24) is 20.4 Å². The van der Waals surface area contributed by atoms with Crippen molar-refractivity contribution in [3.63, 3.8) is 0 Å². The summed E-state index contributed by atoms with van der Waals surface area (Å²) < 4.78 is 7.54. The summed E-state index contributed by atoms with van der Waals surface area (Å²) in [5.41, 5.74) is 2.44. The first kappa shape index (κ1) is 23.4. The van der Waals surface area contributed by atoms with E-state index < -0.39 is 0 Å². The fourth-order valence-corrected chi connectivity index (χ4v) is 2.50. The molecule has 7 heteroatoms. The molecule has 2 rings (SSSR count). The zero-order valence-corrected chi connectivity index (χ0v) is 18.8. The summed E-state index contributed by atoms with van der Waals surface area (Å²) in [5.74, 6) is 1.37. The normalized spacial score (nSPS) is 11.3. The maximum atomic E-state index is 5.61. The highest BCUT2D eigenvalue weighted by Gasteiger charge is 2.04. The highest BCUT2D eigenvalue weighted by molar-refractivity contribution is 14.0. The number of hydrogen-bond acceptors (Lipinski definition) is 3. The van der Waals surface area contributed by atoms with Gasteiger partial charge in [-0.2, -0.15) is 5.10 Å². The number of aromatic nitrogens is 2. The van der Waals surface area contributed by atoms with Gasteiger partial charge in [0, 0.05) is 32.1 Å². The minimum Gasteiger partial charge on any atom is -0.379 e. The van der Waals surface area contributed by atoms with Crippen LogP contribution < -0.4 is 10.6 Å². The van der Waals surface area contributed by atoms with Gasteiger partial charge in [-0.3, -0.25) is 4.68 Å². The van der Waals surface area contributed by atoms with Crippen molar-refractivity contribution < 1.29 is 4.74 Å². The van der Waals surface area contributed by atoms with E-state index in [-0.39, 0.29) is 24.0 Å². The molecule has 150 valence electrons.